The molecule has 0 saturated heterocycles. The third-order valence-corrected chi connectivity index (χ3v) is 4.42. The van der Waals surface area contributed by atoms with Crippen molar-refractivity contribution in [3.63, 3.8) is 0 Å². The predicted molar refractivity (Wildman–Crippen MR) is 104 cm³/mol. The first-order valence-electron chi connectivity index (χ1n) is 8.76. The van der Waals surface area contributed by atoms with Gasteiger partial charge in [-0.3, -0.25) is 0 Å². The second kappa shape index (κ2) is 9.81. The van der Waals surface area contributed by atoms with Gasteiger partial charge < -0.3 is 14.8 Å². The van der Waals surface area contributed by atoms with Crippen molar-refractivity contribution in [2.75, 3.05) is 6.61 Å². The van der Waals surface area contributed by atoms with Crippen LogP contribution in [0.5, 0.6) is 0 Å². The minimum Gasteiger partial charge on any atom is -0.498 e. The van der Waals surface area contributed by atoms with E-state index in [0.717, 1.165) is 40.7 Å². The average Bonchev–Trinajstić information content (AvgIpc) is 3.11. The Hall–Kier alpha value is -2.55. The Kier molecular flexibility index (Phi) is 8.11. The van der Waals surface area contributed by atoms with E-state index < -0.39 is 5.97 Å². The lowest BCUT2D eigenvalue weighted by Gasteiger charge is -2.20. The van der Waals surface area contributed by atoms with E-state index in [0.29, 0.717) is 25.2 Å². The van der Waals surface area contributed by atoms with Crippen molar-refractivity contribution >= 4 is 11.7 Å². The molecule has 2 rings (SSSR count). The van der Waals surface area contributed by atoms with E-state index in [1.54, 1.807) is 6.92 Å². The van der Waals surface area contributed by atoms with E-state index in [1.165, 1.54) is 0 Å². The fourth-order valence-corrected chi connectivity index (χ4v) is 3.27. The minimum atomic E-state index is -0.445. The number of carbonyl (C=O) groups is 1. The average molecular weight is 360 g/mol. The number of hydrogen-bond donors (Lipinski definition) is 0. The number of oxime groups is 1. The van der Waals surface area contributed by atoms with Crippen molar-refractivity contribution in [3.8, 4) is 6.07 Å². The maximum Gasteiger partial charge on any atom is 0.356 e. The lowest BCUT2D eigenvalue weighted by atomic mass is 9.85. The third-order valence-electron chi connectivity index (χ3n) is 4.42. The fraction of sp³-hybridized carbons (Fsp3) is 0.550. The standard InChI is InChI=1S/C19H24N2O4.CH4/c1-5-12-9-13(6-2)18(14(7-3)15(12)11-20-23)17-10-16(21-25-17)19(22)24-8-4;/h9,17H,5-8,10H2,1-4H3;1H4. The van der Waals surface area contributed by atoms with E-state index in [4.69, 9.17) is 9.57 Å². The number of ether oxygens (including phenoxy) is 1. The molecule has 1 atom stereocenters. The molecule has 26 heavy (non-hydrogen) atoms. The monoisotopic (exact) mass is 360 g/mol. The van der Waals surface area contributed by atoms with Crippen molar-refractivity contribution in [1.82, 2.24) is 0 Å². The number of aryl methyl sites for hydroxylation is 2. The van der Waals surface area contributed by atoms with E-state index in [1.807, 2.05) is 13.8 Å². The molecule has 0 amide bonds. The molecule has 0 bridgehead atoms. The molecule has 1 aliphatic heterocycles. The zero-order chi connectivity index (χ0) is 18.4. The smallest absolute Gasteiger partial charge is 0.356 e. The quantitative estimate of drug-likeness (QED) is 0.550. The van der Waals surface area contributed by atoms with E-state index >= 15 is 0 Å². The van der Waals surface area contributed by atoms with Gasteiger partial charge in [-0.1, -0.05) is 39.4 Å². The molecule has 1 heterocycles. The summed E-state index contributed by atoms with van der Waals surface area (Å²) >= 11 is 0. The van der Waals surface area contributed by atoms with Crippen LogP contribution in [-0.4, -0.2) is 18.3 Å². The van der Waals surface area contributed by atoms with Gasteiger partial charge >= 0.3 is 12.0 Å². The van der Waals surface area contributed by atoms with Gasteiger partial charge in [-0.2, -0.15) is 0 Å². The molecule has 142 valence electrons. The van der Waals surface area contributed by atoms with E-state index in [-0.39, 0.29) is 13.5 Å². The van der Waals surface area contributed by atoms with Crippen LogP contribution in [0, 0.1) is 11.3 Å². The highest BCUT2D eigenvalue weighted by atomic mass is 16.6. The molecule has 0 fully saturated rings. The first-order valence-corrected chi connectivity index (χ1v) is 8.76. The van der Waals surface area contributed by atoms with Crippen LogP contribution in [0.2, 0.25) is 0 Å². The maximum atomic E-state index is 11.9. The van der Waals surface area contributed by atoms with E-state index in [2.05, 4.69) is 29.2 Å². The summed E-state index contributed by atoms with van der Waals surface area (Å²) in [5, 5.41) is 17.6. The van der Waals surface area contributed by atoms with Gasteiger partial charge in [0.2, 0.25) is 0 Å². The summed E-state index contributed by atoms with van der Waals surface area (Å²) < 4.78 is 5.00. The molecule has 0 saturated carbocycles. The fourth-order valence-electron chi connectivity index (χ4n) is 3.27. The normalized spacial score (nSPS) is 15.2. The molecular weight excluding hydrogens is 332 g/mol. The van der Waals surface area contributed by atoms with E-state index in [9.17, 15) is 10.0 Å². The second-order valence-corrected chi connectivity index (χ2v) is 5.78. The summed E-state index contributed by atoms with van der Waals surface area (Å²) in [4.78, 5) is 17.5. The van der Waals surface area contributed by atoms with Crippen LogP contribution < -0.4 is 0 Å². The summed E-state index contributed by atoms with van der Waals surface area (Å²) in [6, 6.07) is 4.68. The van der Waals surface area contributed by atoms with Crippen LogP contribution in [0.15, 0.2) is 11.2 Å². The first-order chi connectivity index (χ1) is 12.1. The molecule has 1 aliphatic rings. The number of benzene rings is 1. The molecule has 1 aromatic rings. The zero-order valence-corrected chi connectivity index (χ0v) is 15.2. The maximum absolute atomic E-state index is 11.9. The Bertz CT molecular complexity index is 744. The summed E-state index contributed by atoms with van der Waals surface area (Å²) in [7, 11) is 0. The minimum absolute atomic E-state index is 0. The Morgan fingerprint density at radius 2 is 2.00 bits per heavy atom. The summed E-state index contributed by atoms with van der Waals surface area (Å²) in [5.41, 5.74) is 5.17. The highest BCUT2D eigenvalue weighted by molar-refractivity contribution is 6.36. The van der Waals surface area contributed by atoms with Crippen LogP contribution in [-0.2, 0) is 33.6 Å². The van der Waals surface area contributed by atoms with Gasteiger partial charge in [-0.15, -0.1) is 0 Å². The van der Waals surface area contributed by atoms with Crippen molar-refractivity contribution in [3.05, 3.63) is 44.1 Å². The van der Waals surface area contributed by atoms with Crippen LogP contribution in [0.3, 0.4) is 0 Å². The SMILES string of the molecule is C.CCOC(=O)C1=NOC(c2c(CC)cc(CC)c(C#[N+][O-])c2CC)C1. The van der Waals surface area contributed by atoms with Crippen molar-refractivity contribution < 1.29 is 14.4 Å². The van der Waals surface area contributed by atoms with Gasteiger partial charge in [-0.05, 0) is 42.9 Å². The molecule has 0 aliphatic carbocycles. The van der Waals surface area contributed by atoms with Crippen molar-refractivity contribution in [2.24, 2.45) is 5.16 Å². The molecule has 0 aromatic heterocycles. The van der Waals surface area contributed by atoms with Crippen LogP contribution in [0.4, 0.5) is 0 Å². The summed E-state index contributed by atoms with van der Waals surface area (Å²) in [5.74, 6) is -0.445. The van der Waals surface area contributed by atoms with Gasteiger partial charge in [-0.25, -0.2) is 4.79 Å². The number of nitrogens with zero attached hydrogens (tertiary/aromatic N) is 2. The van der Waals surface area contributed by atoms with Crippen LogP contribution in [0.1, 0.15) is 75.5 Å². The lowest BCUT2D eigenvalue weighted by Crippen LogP contribution is -2.17. The first kappa shape index (κ1) is 21.5. The number of carbonyl (C=O) groups excluding carboxylic acids is 1. The Labute approximate surface area is 155 Å². The van der Waals surface area contributed by atoms with Crippen LogP contribution >= 0.6 is 0 Å². The molecule has 0 spiro atoms. The van der Waals surface area contributed by atoms with Crippen molar-refractivity contribution in [1.29, 1.82) is 0 Å². The van der Waals surface area contributed by atoms with Gasteiger partial charge in [0.15, 0.2) is 11.8 Å². The zero-order valence-electron chi connectivity index (χ0n) is 15.2. The molecule has 6 heteroatoms. The summed E-state index contributed by atoms with van der Waals surface area (Å²) in [6.45, 7) is 8.19. The number of hydrogen-bond acceptors (Lipinski definition) is 5. The second-order valence-electron chi connectivity index (χ2n) is 5.78. The van der Waals surface area contributed by atoms with Gasteiger partial charge in [0, 0.05) is 17.0 Å². The molecule has 1 aromatic carbocycles. The molecule has 0 N–H and O–H groups in total. The molecule has 6 nitrogen and oxygen atoms in total. The Morgan fingerprint density at radius 3 is 2.54 bits per heavy atom. The number of rotatable bonds is 6. The third kappa shape index (κ3) is 4.16. The van der Waals surface area contributed by atoms with Gasteiger partial charge in [0.05, 0.1) is 6.61 Å². The van der Waals surface area contributed by atoms with Gasteiger partial charge in [0.25, 0.3) is 0 Å². The Morgan fingerprint density at radius 1 is 1.31 bits per heavy atom. The topological polar surface area (TPSA) is 75.3 Å². The van der Waals surface area contributed by atoms with Crippen LogP contribution in [0.25, 0.3) is 5.01 Å². The predicted octanol–water partition coefficient (Wildman–Crippen LogP) is 4.57. The Balaban J connectivity index is 0.00000338. The molecular formula is C20H28N2O4. The molecule has 0 radical (unpaired) electrons. The summed E-state index contributed by atoms with van der Waals surface area (Å²) in [6.07, 6.45) is 2.32. The molecule has 1 unspecified atom stereocenters. The largest absolute Gasteiger partial charge is 0.498 e. The number of esters is 1. The lowest BCUT2D eigenvalue weighted by molar-refractivity contribution is -0.135. The van der Waals surface area contributed by atoms with Gasteiger partial charge in [0.1, 0.15) is 5.56 Å². The highest BCUT2D eigenvalue weighted by Gasteiger charge is 2.32. The van der Waals surface area contributed by atoms with Crippen molar-refractivity contribution in [2.45, 2.75) is 66.9 Å². The highest BCUT2D eigenvalue weighted by Crippen LogP contribution is 2.36.